The van der Waals surface area contributed by atoms with Crippen LogP contribution in [-0.2, 0) is 25.6 Å². The molecule has 0 aromatic heterocycles. The summed E-state index contributed by atoms with van der Waals surface area (Å²) in [6.45, 7) is 4.66. The van der Waals surface area contributed by atoms with E-state index in [-0.39, 0.29) is 18.8 Å². The van der Waals surface area contributed by atoms with Gasteiger partial charge >= 0.3 is 5.97 Å². The molecule has 4 atom stereocenters. The van der Waals surface area contributed by atoms with Crippen molar-refractivity contribution in [1.29, 1.82) is 0 Å². The van der Waals surface area contributed by atoms with Crippen molar-refractivity contribution < 1.29 is 24.3 Å². The second kappa shape index (κ2) is 18.3. The zero-order valence-electron chi connectivity index (χ0n) is 22.7. The summed E-state index contributed by atoms with van der Waals surface area (Å²) in [6.07, 6.45) is 3.82. The van der Waals surface area contributed by atoms with Crippen molar-refractivity contribution in [2.45, 2.75) is 89.4 Å². The van der Waals surface area contributed by atoms with Gasteiger partial charge in [-0.3, -0.25) is 14.4 Å². The van der Waals surface area contributed by atoms with Crippen LogP contribution in [0, 0.1) is 5.92 Å². The number of aliphatic carboxylic acids is 1. The SMILES string of the molecule is CC(C)CC(NC(=O)C(Cc1ccccc1)NC(=O)C(CCCCN)NC(=O)C(N)CCCCN)C(=O)O. The molecule has 0 aliphatic rings. The lowest BCUT2D eigenvalue weighted by atomic mass is 10.0. The van der Waals surface area contributed by atoms with Gasteiger partial charge in [0.25, 0.3) is 0 Å². The molecule has 1 aromatic carbocycles. The van der Waals surface area contributed by atoms with Crippen molar-refractivity contribution in [2.75, 3.05) is 13.1 Å². The van der Waals surface area contributed by atoms with Crippen LogP contribution in [0.5, 0.6) is 0 Å². The molecule has 11 nitrogen and oxygen atoms in total. The second-order valence-corrected chi connectivity index (χ2v) is 10.0. The quantitative estimate of drug-likeness (QED) is 0.123. The number of hydrogen-bond donors (Lipinski definition) is 7. The number of carbonyl (C=O) groups is 4. The molecule has 1 aromatic rings. The lowest BCUT2D eigenvalue weighted by molar-refractivity contribution is -0.142. The number of benzene rings is 1. The van der Waals surface area contributed by atoms with Gasteiger partial charge in [0, 0.05) is 6.42 Å². The third kappa shape index (κ3) is 13.0. The highest BCUT2D eigenvalue weighted by atomic mass is 16.4. The van der Waals surface area contributed by atoms with E-state index in [0.717, 1.165) is 12.0 Å². The fourth-order valence-corrected chi connectivity index (χ4v) is 3.98. The van der Waals surface area contributed by atoms with Crippen LogP contribution in [0.3, 0.4) is 0 Å². The maximum atomic E-state index is 13.3. The van der Waals surface area contributed by atoms with Crippen LogP contribution in [-0.4, -0.2) is 66.1 Å². The first kappa shape index (κ1) is 33.0. The molecule has 0 saturated carbocycles. The Labute approximate surface area is 225 Å². The predicted octanol–water partition coefficient (Wildman–Crippen LogP) is 0.400. The van der Waals surface area contributed by atoms with Gasteiger partial charge in [0.05, 0.1) is 6.04 Å². The van der Waals surface area contributed by atoms with Crippen molar-refractivity contribution in [1.82, 2.24) is 16.0 Å². The number of nitrogens with two attached hydrogens (primary N) is 3. The highest BCUT2D eigenvalue weighted by Gasteiger charge is 2.30. The van der Waals surface area contributed by atoms with E-state index in [4.69, 9.17) is 17.2 Å². The summed E-state index contributed by atoms with van der Waals surface area (Å²) in [5.74, 6) is -2.72. The van der Waals surface area contributed by atoms with Gasteiger partial charge < -0.3 is 38.3 Å². The average Bonchev–Trinajstić information content (AvgIpc) is 2.87. The molecule has 0 aliphatic carbocycles. The Morgan fingerprint density at radius 3 is 1.84 bits per heavy atom. The lowest BCUT2D eigenvalue weighted by Crippen LogP contribution is -2.57. The molecule has 10 N–H and O–H groups in total. The first-order valence-electron chi connectivity index (χ1n) is 13.4. The van der Waals surface area contributed by atoms with Gasteiger partial charge in [-0.1, -0.05) is 50.6 Å². The van der Waals surface area contributed by atoms with E-state index in [9.17, 15) is 24.3 Å². The van der Waals surface area contributed by atoms with E-state index in [0.29, 0.717) is 45.2 Å². The molecule has 214 valence electrons. The van der Waals surface area contributed by atoms with E-state index < -0.39 is 47.9 Å². The van der Waals surface area contributed by atoms with E-state index in [1.165, 1.54) is 0 Å². The van der Waals surface area contributed by atoms with E-state index in [1.807, 2.05) is 44.2 Å². The summed E-state index contributed by atoms with van der Waals surface area (Å²) >= 11 is 0. The summed E-state index contributed by atoms with van der Waals surface area (Å²) < 4.78 is 0. The van der Waals surface area contributed by atoms with Crippen LogP contribution >= 0.6 is 0 Å². The molecular formula is C27H46N6O5. The van der Waals surface area contributed by atoms with Crippen molar-refractivity contribution in [2.24, 2.45) is 23.1 Å². The largest absolute Gasteiger partial charge is 0.480 e. The Kier molecular flexibility index (Phi) is 15.9. The Hall–Kier alpha value is -3.02. The molecule has 38 heavy (non-hydrogen) atoms. The maximum Gasteiger partial charge on any atom is 0.326 e. The van der Waals surface area contributed by atoms with Crippen LogP contribution < -0.4 is 33.2 Å². The minimum absolute atomic E-state index is 0.0368. The Morgan fingerprint density at radius 2 is 1.29 bits per heavy atom. The molecule has 0 fully saturated rings. The highest BCUT2D eigenvalue weighted by molar-refractivity contribution is 5.94. The van der Waals surface area contributed by atoms with Crippen LogP contribution in [0.15, 0.2) is 30.3 Å². The topological polar surface area (TPSA) is 203 Å². The van der Waals surface area contributed by atoms with Crippen LogP contribution in [0.2, 0.25) is 0 Å². The van der Waals surface area contributed by atoms with Gasteiger partial charge in [0.15, 0.2) is 0 Å². The zero-order valence-corrected chi connectivity index (χ0v) is 22.7. The van der Waals surface area contributed by atoms with Crippen molar-refractivity contribution in [3.8, 4) is 0 Å². The third-order valence-corrected chi connectivity index (χ3v) is 6.12. The van der Waals surface area contributed by atoms with Crippen LogP contribution in [0.1, 0.15) is 64.4 Å². The second-order valence-electron chi connectivity index (χ2n) is 10.0. The van der Waals surface area contributed by atoms with Gasteiger partial charge in [-0.15, -0.1) is 0 Å². The molecule has 0 radical (unpaired) electrons. The maximum absolute atomic E-state index is 13.3. The number of rotatable bonds is 19. The molecule has 3 amide bonds. The third-order valence-electron chi connectivity index (χ3n) is 6.12. The Morgan fingerprint density at radius 1 is 0.763 bits per heavy atom. The zero-order chi connectivity index (χ0) is 28.5. The highest BCUT2D eigenvalue weighted by Crippen LogP contribution is 2.10. The predicted molar refractivity (Wildman–Crippen MR) is 147 cm³/mol. The smallest absolute Gasteiger partial charge is 0.326 e. The summed E-state index contributed by atoms with van der Waals surface area (Å²) in [7, 11) is 0. The van der Waals surface area contributed by atoms with Gasteiger partial charge in [-0.05, 0) is 63.1 Å². The van der Waals surface area contributed by atoms with Gasteiger partial charge in [-0.2, -0.15) is 0 Å². The van der Waals surface area contributed by atoms with Crippen molar-refractivity contribution in [3.63, 3.8) is 0 Å². The van der Waals surface area contributed by atoms with Crippen LogP contribution in [0.4, 0.5) is 0 Å². The number of unbranched alkanes of at least 4 members (excludes halogenated alkanes) is 2. The molecule has 0 bridgehead atoms. The monoisotopic (exact) mass is 534 g/mol. The fourth-order valence-electron chi connectivity index (χ4n) is 3.98. The summed E-state index contributed by atoms with van der Waals surface area (Å²) in [4.78, 5) is 51.0. The lowest BCUT2D eigenvalue weighted by Gasteiger charge is -2.26. The van der Waals surface area contributed by atoms with E-state index >= 15 is 0 Å². The summed E-state index contributed by atoms with van der Waals surface area (Å²) in [5, 5.41) is 17.6. The number of carboxylic acid groups (broad SMARTS) is 1. The molecule has 0 saturated heterocycles. The number of amides is 3. The number of carboxylic acids is 1. The molecule has 0 spiro atoms. The fraction of sp³-hybridized carbons (Fsp3) is 0.630. The Balaban J connectivity index is 3.07. The molecule has 4 unspecified atom stereocenters. The summed E-state index contributed by atoms with van der Waals surface area (Å²) in [6, 6.07) is 5.23. The van der Waals surface area contributed by atoms with Gasteiger partial charge in [-0.25, -0.2) is 4.79 Å². The van der Waals surface area contributed by atoms with Gasteiger partial charge in [0.2, 0.25) is 17.7 Å². The molecule has 1 rings (SSSR count). The molecule has 11 heteroatoms. The Bertz CT molecular complexity index is 867. The van der Waals surface area contributed by atoms with Crippen molar-refractivity contribution >= 4 is 23.7 Å². The van der Waals surface area contributed by atoms with Gasteiger partial charge in [0.1, 0.15) is 18.1 Å². The normalized spacial score (nSPS) is 14.3. The van der Waals surface area contributed by atoms with Crippen LogP contribution in [0.25, 0.3) is 0 Å². The molecular weight excluding hydrogens is 488 g/mol. The van der Waals surface area contributed by atoms with E-state index in [1.54, 1.807) is 0 Å². The first-order chi connectivity index (χ1) is 18.1. The van der Waals surface area contributed by atoms with E-state index in [2.05, 4.69) is 16.0 Å². The minimum atomic E-state index is -1.15. The standard InChI is InChI=1S/C27H46N6O5/c1-18(2)16-23(27(37)38)33-26(36)22(17-19-10-4-3-5-11-19)32-25(35)21(13-7-9-15-29)31-24(34)20(30)12-6-8-14-28/h3-5,10-11,18,20-23H,6-9,12-17,28-30H2,1-2H3,(H,31,34)(H,32,35)(H,33,36)(H,37,38). The number of nitrogens with one attached hydrogen (secondary N) is 3. The summed E-state index contributed by atoms with van der Waals surface area (Å²) in [5.41, 5.74) is 17.9. The first-order valence-corrected chi connectivity index (χ1v) is 13.4. The molecule has 0 heterocycles. The number of carbonyl (C=O) groups excluding carboxylic acids is 3. The minimum Gasteiger partial charge on any atom is -0.480 e. The number of hydrogen-bond acceptors (Lipinski definition) is 7. The molecule has 0 aliphatic heterocycles. The van der Waals surface area contributed by atoms with Crippen molar-refractivity contribution in [3.05, 3.63) is 35.9 Å². The average molecular weight is 535 g/mol.